The number of hydrogen-bond acceptors (Lipinski definition) is 4. The second-order valence-corrected chi connectivity index (χ2v) is 10.5. The van der Waals surface area contributed by atoms with Crippen molar-refractivity contribution in [2.75, 3.05) is 10.8 Å². The standard InChI is InChI=1S/C26H28ClN3O3S/c1-17-9-13-23(14-10-17)34(32,33)30(25-8-6-7-24(27)21(25)5)16-26(31)29-28-15-22-12-11-18(2)19(3)20(22)4/h6-15H,16H2,1-5H3,(H,29,31)/b28-15-. The Bertz CT molecular complexity index is 1350. The van der Waals surface area contributed by atoms with Gasteiger partial charge in [-0.3, -0.25) is 9.10 Å². The Balaban J connectivity index is 1.90. The summed E-state index contributed by atoms with van der Waals surface area (Å²) in [5.74, 6) is -0.576. The number of carbonyl (C=O) groups is 1. The van der Waals surface area contributed by atoms with Gasteiger partial charge >= 0.3 is 0 Å². The van der Waals surface area contributed by atoms with Crippen LogP contribution >= 0.6 is 11.6 Å². The maximum absolute atomic E-state index is 13.5. The molecule has 8 heteroatoms. The first kappa shape index (κ1) is 25.5. The van der Waals surface area contributed by atoms with Crippen LogP contribution in [0.2, 0.25) is 5.02 Å². The third kappa shape index (κ3) is 5.48. The highest BCUT2D eigenvalue weighted by atomic mass is 35.5. The summed E-state index contributed by atoms with van der Waals surface area (Å²) >= 11 is 6.26. The van der Waals surface area contributed by atoms with E-state index in [1.165, 1.54) is 17.7 Å². The van der Waals surface area contributed by atoms with Crippen molar-refractivity contribution in [2.45, 2.75) is 39.5 Å². The van der Waals surface area contributed by atoms with Crippen molar-refractivity contribution >= 4 is 39.4 Å². The fourth-order valence-corrected chi connectivity index (χ4v) is 5.11. The van der Waals surface area contributed by atoms with Gasteiger partial charge in [0.1, 0.15) is 6.54 Å². The summed E-state index contributed by atoms with van der Waals surface area (Å²) in [4.78, 5) is 12.9. The van der Waals surface area contributed by atoms with Crippen LogP contribution in [0, 0.1) is 34.6 Å². The SMILES string of the molecule is Cc1ccc(S(=O)(=O)N(CC(=O)N/N=C\c2ccc(C)c(C)c2C)c2cccc(Cl)c2C)cc1. The van der Waals surface area contributed by atoms with Gasteiger partial charge in [0.05, 0.1) is 16.8 Å². The van der Waals surface area contributed by atoms with E-state index < -0.39 is 22.5 Å². The molecular formula is C26H28ClN3O3S. The van der Waals surface area contributed by atoms with Crippen LogP contribution in [0.1, 0.15) is 33.4 Å². The molecular weight excluding hydrogens is 470 g/mol. The smallest absolute Gasteiger partial charge is 0.264 e. The summed E-state index contributed by atoms with van der Waals surface area (Å²) < 4.78 is 28.1. The van der Waals surface area contributed by atoms with Gasteiger partial charge in [0.15, 0.2) is 0 Å². The van der Waals surface area contributed by atoms with Crippen LogP contribution in [0.5, 0.6) is 0 Å². The molecule has 0 saturated carbocycles. The average molecular weight is 498 g/mol. The summed E-state index contributed by atoms with van der Waals surface area (Å²) in [6.07, 6.45) is 1.56. The van der Waals surface area contributed by atoms with Crippen molar-refractivity contribution in [1.82, 2.24) is 5.43 Å². The summed E-state index contributed by atoms with van der Waals surface area (Å²) in [7, 11) is -4.04. The normalized spacial score (nSPS) is 11.6. The molecule has 0 heterocycles. The van der Waals surface area contributed by atoms with Crippen LogP contribution < -0.4 is 9.73 Å². The van der Waals surface area contributed by atoms with Crippen molar-refractivity contribution in [1.29, 1.82) is 0 Å². The van der Waals surface area contributed by atoms with Crippen LogP contribution in [0.15, 0.2) is 64.6 Å². The predicted molar refractivity (Wildman–Crippen MR) is 138 cm³/mol. The van der Waals surface area contributed by atoms with Gasteiger partial charge in [0, 0.05) is 5.02 Å². The molecule has 0 bridgehead atoms. The topological polar surface area (TPSA) is 78.8 Å². The minimum atomic E-state index is -4.04. The minimum Gasteiger partial charge on any atom is -0.271 e. The van der Waals surface area contributed by atoms with Gasteiger partial charge in [0.2, 0.25) is 0 Å². The molecule has 178 valence electrons. The van der Waals surface area contributed by atoms with E-state index >= 15 is 0 Å². The van der Waals surface area contributed by atoms with E-state index in [0.717, 1.165) is 26.6 Å². The Kier molecular flexibility index (Phi) is 7.79. The lowest BCUT2D eigenvalue weighted by atomic mass is 10.00. The Labute approximate surface area is 206 Å². The largest absolute Gasteiger partial charge is 0.271 e. The molecule has 3 rings (SSSR count). The lowest BCUT2D eigenvalue weighted by molar-refractivity contribution is -0.119. The first-order valence-electron chi connectivity index (χ1n) is 10.8. The number of nitrogens with zero attached hydrogens (tertiary/aromatic N) is 2. The van der Waals surface area contributed by atoms with Crippen molar-refractivity contribution in [2.24, 2.45) is 5.10 Å². The fourth-order valence-electron chi connectivity index (χ4n) is 3.46. The van der Waals surface area contributed by atoms with E-state index in [1.54, 1.807) is 43.5 Å². The number of amides is 1. The van der Waals surface area contributed by atoms with E-state index in [-0.39, 0.29) is 4.90 Å². The first-order chi connectivity index (χ1) is 16.0. The molecule has 0 radical (unpaired) electrons. The van der Waals surface area contributed by atoms with Gasteiger partial charge in [-0.15, -0.1) is 0 Å². The molecule has 0 aliphatic heterocycles. The molecule has 0 fully saturated rings. The maximum atomic E-state index is 13.5. The number of halogens is 1. The van der Waals surface area contributed by atoms with Gasteiger partial charge < -0.3 is 0 Å². The lowest BCUT2D eigenvalue weighted by Gasteiger charge is -2.25. The zero-order valence-electron chi connectivity index (χ0n) is 19.9. The highest BCUT2D eigenvalue weighted by Crippen LogP contribution is 2.30. The van der Waals surface area contributed by atoms with Crippen molar-refractivity contribution in [3.8, 4) is 0 Å². The van der Waals surface area contributed by atoms with Crippen molar-refractivity contribution in [3.05, 3.63) is 93.0 Å². The third-order valence-corrected chi connectivity index (χ3v) is 8.08. The van der Waals surface area contributed by atoms with Gasteiger partial charge in [-0.1, -0.05) is 47.5 Å². The lowest BCUT2D eigenvalue weighted by Crippen LogP contribution is -2.40. The summed E-state index contributed by atoms with van der Waals surface area (Å²) in [6, 6.07) is 15.3. The van der Waals surface area contributed by atoms with Gasteiger partial charge in [-0.2, -0.15) is 5.10 Å². The van der Waals surface area contributed by atoms with Gasteiger partial charge in [-0.05, 0) is 86.7 Å². The first-order valence-corrected chi connectivity index (χ1v) is 12.6. The predicted octanol–water partition coefficient (Wildman–Crippen LogP) is 5.23. The van der Waals surface area contributed by atoms with Crippen molar-refractivity contribution in [3.63, 3.8) is 0 Å². The van der Waals surface area contributed by atoms with Crippen molar-refractivity contribution < 1.29 is 13.2 Å². The highest BCUT2D eigenvalue weighted by molar-refractivity contribution is 7.92. The van der Waals surface area contributed by atoms with Crippen LogP contribution in [-0.4, -0.2) is 27.1 Å². The molecule has 0 aliphatic carbocycles. The Morgan fingerprint density at radius 2 is 1.62 bits per heavy atom. The fraction of sp³-hybridized carbons (Fsp3) is 0.231. The van der Waals surface area contributed by atoms with E-state index in [9.17, 15) is 13.2 Å². The number of nitrogens with one attached hydrogen (secondary N) is 1. The maximum Gasteiger partial charge on any atom is 0.264 e. The Morgan fingerprint density at radius 1 is 0.941 bits per heavy atom. The van der Waals surface area contributed by atoms with Crippen LogP contribution in [0.3, 0.4) is 0 Å². The average Bonchev–Trinajstić information content (AvgIpc) is 2.80. The van der Waals surface area contributed by atoms with Crippen LogP contribution in [-0.2, 0) is 14.8 Å². The molecule has 6 nitrogen and oxygen atoms in total. The Morgan fingerprint density at radius 3 is 2.29 bits per heavy atom. The van der Waals surface area contributed by atoms with Crippen LogP contribution in [0.4, 0.5) is 5.69 Å². The quantitative estimate of drug-likeness (QED) is 0.358. The van der Waals surface area contributed by atoms with E-state index in [2.05, 4.69) is 10.5 Å². The monoisotopic (exact) mass is 497 g/mol. The molecule has 1 N–H and O–H groups in total. The minimum absolute atomic E-state index is 0.0829. The van der Waals surface area contributed by atoms with E-state index in [1.807, 2.05) is 39.8 Å². The number of carbonyl (C=O) groups excluding carboxylic acids is 1. The molecule has 3 aromatic rings. The Hall–Kier alpha value is -3.16. The molecule has 0 aliphatic rings. The number of rotatable bonds is 7. The molecule has 0 unspecified atom stereocenters. The zero-order chi connectivity index (χ0) is 25.0. The highest BCUT2D eigenvalue weighted by Gasteiger charge is 2.28. The number of hydrogen-bond donors (Lipinski definition) is 1. The van der Waals surface area contributed by atoms with Gasteiger partial charge in [0.25, 0.3) is 15.9 Å². The molecule has 3 aromatic carbocycles. The molecule has 0 spiro atoms. The number of benzene rings is 3. The number of sulfonamides is 1. The molecule has 0 atom stereocenters. The number of hydrazone groups is 1. The summed E-state index contributed by atoms with van der Waals surface area (Å²) in [6.45, 7) is 9.18. The second-order valence-electron chi connectivity index (χ2n) is 8.22. The molecule has 0 saturated heterocycles. The second kappa shape index (κ2) is 10.4. The number of aryl methyl sites for hydroxylation is 2. The number of anilines is 1. The van der Waals surface area contributed by atoms with E-state index in [4.69, 9.17) is 11.6 Å². The van der Waals surface area contributed by atoms with Crippen LogP contribution in [0.25, 0.3) is 0 Å². The molecule has 34 heavy (non-hydrogen) atoms. The zero-order valence-corrected chi connectivity index (χ0v) is 21.5. The van der Waals surface area contributed by atoms with E-state index in [0.29, 0.717) is 16.3 Å². The molecule has 1 amide bonds. The summed E-state index contributed by atoms with van der Waals surface area (Å²) in [5, 5.41) is 4.46. The molecule has 0 aromatic heterocycles. The summed E-state index contributed by atoms with van der Waals surface area (Å²) in [5.41, 5.74) is 8.54. The van der Waals surface area contributed by atoms with Gasteiger partial charge in [-0.25, -0.2) is 13.8 Å². The third-order valence-electron chi connectivity index (χ3n) is 5.90.